The van der Waals surface area contributed by atoms with Crippen LogP contribution in [-0.4, -0.2) is 73.4 Å². The zero-order valence-corrected chi connectivity index (χ0v) is 43.2. The van der Waals surface area contributed by atoms with Crippen molar-refractivity contribution in [2.75, 3.05) is 40.9 Å². The minimum Gasteiger partial charge on any atom is -0.391 e. The number of amides is 1. The molecule has 3 unspecified atom stereocenters. The Morgan fingerprint density at radius 2 is 0.952 bits per heavy atom. The largest absolute Gasteiger partial charge is 0.472 e. The van der Waals surface area contributed by atoms with E-state index in [2.05, 4.69) is 55.6 Å². The highest BCUT2D eigenvalue weighted by Crippen LogP contribution is 2.43. The van der Waals surface area contributed by atoms with E-state index in [1.165, 1.54) is 161 Å². The third-order valence-corrected chi connectivity index (χ3v) is 13.1. The lowest BCUT2D eigenvalue weighted by Crippen LogP contribution is -2.46. The van der Waals surface area contributed by atoms with Crippen molar-refractivity contribution < 1.29 is 32.9 Å². The van der Waals surface area contributed by atoms with Crippen LogP contribution >= 0.6 is 7.82 Å². The second-order valence-electron chi connectivity index (χ2n) is 19.6. The lowest BCUT2D eigenvalue weighted by molar-refractivity contribution is -0.870. The van der Waals surface area contributed by atoms with Gasteiger partial charge in [0.1, 0.15) is 13.2 Å². The summed E-state index contributed by atoms with van der Waals surface area (Å²) in [4.78, 5) is 23.3. The molecule has 1 amide bonds. The van der Waals surface area contributed by atoms with Crippen LogP contribution in [0.25, 0.3) is 0 Å². The number of quaternary nitrogens is 1. The molecular formula is C54H106N2O6P+. The van der Waals surface area contributed by atoms with Crippen molar-refractivity contribution in [1.29, 1.82) is 0 Å². The Labute approximate surface area is 391 Å². The number of rotatable bonds is 49. The van der Waals surface area contributed by atoms with Gasteiger partial charge >= 0.3 is 7.82 Å². The lowest BCUT2D eigenvalue weighted by atomic mass is 10.0. The maximum atomic E-state index is 13.0. The predicted molar refractivity (Wildman–Crippen MR) is 272 cm³/mol. The van der Waals surface area contributed by atoms with Gasteiger partial charge in [-0.2, -0.15) is 0 Å². The summed E-state index contributed by atoms with van der Waals surface area (Å²) in [5.74, 6) is -0.153. The van der Waals surface area contributed by atoms with Gasteiger partial charge in [0.15, 0.2) is 0 Å². The summed E-state index contributed by atoms with van der Waals surface area (Å²) in [6.45, 7) is 4.79. The number of phosphoric acid groups is 1. The maximum Gasteiger partial charge on any atom is 0.472 e. The molecule has 3 N–H and O–H groups in total. The summed E-state index contributed by atoms with van der Waals surface area (Å²) >= 11 is 0. The van der Waals surface area contributed by atoms with Gasteiger partial charge in [0, 0.05) is 6.42 Å². The van der Waals surface area contributed by atoms with Crippen molar-refractivity contribution in [1.82, 2.24) is 5.32 Å². The van der Waals surface area contributed by atoms with Gasteiger partial charge in [-0.3, -0.25) is 13.8 Å². The normalized spacial score (nSPS) is 14.3. The topological polar surface area (TPSA) is 105 Å². The number of hydrogen-bond acceptors (Lipinski definition) is 5. The van der Waals surface area contributed by atoms with Crippen LogP contribution in [0.1, 0.15) is 251 Å². The van der Waals surface area contributed by atoms with Crippen LogP contribution in [0, 0.1) is 0 Å². The summed E-state index contributed by atoms with van der Waals surface area (Å²) in [6.07, 6.45) is 57.6. The molecule has 0 heterocycles. The van der Waals surface area contributed by atoms with Crippen molar-refractivity contribution in [3.8, 4) is 0 Å². The highest BCUT2D eigenvalue weighted by molar-refractivity contribution is 7.47. The third-order valence-electron chi connectivity index (χ3n) is 12.2. The first-order chi connectivity index (χ1) is 30.5. The van der Waals surface area contributed by atoms with Crippen LogP contribution in [0.15, 0.2) is 36.5 Å². The fraction of sp³-hybridized carbons (Fsp3) is 0.870. The van der Waals surface area contributed by atoms with E-state index in [1.807, 2.05) is 21.1 Å². The highest BCUT2D eigenvalue weighted by atomic mass is 31.2. The van der Waals surface area contributed by atoms with Gasteiger partial charge in [-0.25, -0.2) is 4.57 Å². The molecule has 0 aliphatic carbocycles. The quantitative estimate of drug-likeness (QED) is 0.0243. The Hall–Kier alpha value is -1.28. The van der Waals surface area contributed by atoms with Crippen molar-refractivity contribution in [3.63, 3.8) is 0 Å². The molecule has 9 heteroatoms. The molecular weight excluding hydrogens is 804 g/mol. The number of carbonyl (C=O) groups is 1. The zero-order chi connectivity index (χ0) is 46.4. The van der Waals surface area contributed by atoms with Crippen LogP contribution in [0.5, 0.6) is 0 Å². The van der Waals surface area contributed by atoms with Gasteiger partial charge in [0.05, 0.1) is 39.9 Å². The number of unbranched alkanes of at least 4 members (excludes halogenated alkanes) is 30. The molecule has 0 aliphatic rings. The fourth-order valence-corrected chi connectivity index (χ4v) is 8.68. The van der Waals surface area contributed by atoms with Crippen LogP contribution in [0.4, 0.5) is 0 Å². The molecule has 63 heavy (non-hydrogen) atoms. The Balaban J connectivity index is 4.20. The van der Waals surface area contributed by atoms with Crippen LogP contribution in [0.2, 0.25) is 0 Å². The Kier molecular flexibility index (Phi) is 44.9. The number of aliphatic hydroxyl groups excluding tert-OH is 1. The molecule has 0 saturated carbocycles. The zero-order valence-electron chi connectivity index (χ0n) is 42.3. The van der Waals surface area contributed by atoms with Gasteiger partial charge < -0.3 is 19.8 Å². The van der Waals surface area contributed by atoms with Crippen molar-refractivity contribution in [2.24, 2.45) is 0 Å². The number of likely N-dealkylation sites (N-methyl/N-ethyl adjacent to an activating group) is 1. The Morgan fingerprint density at radius 1 is 0.556 bits per heavy atom. The van der Waals surface area contributed by atoms with E-state index in [0.717, 1.165) is 64.2 Å². The van der Waals surface area contributed by atoms with E-state index in [9.17, 15) is 19.4 Å². The molecule has 3 atom stereocenters. The molecule has 0 spiro atoms. The van der Waals surface area contributed by atoms with Gasteiger partial charge in [0.2, 0.25) is 5.91 Å². The number of allylic oxidation sites excluding steroid dienone is 6. The molecule has 0 aromatic heterocycles. The standard InChI is InChI=1S/C54H105N2O6P/c1-6-8-10-12-14-16-18-20-22-24-25-26-27-28-29-30-32-33-35-37-39-41-43-45-47-53(57)52(51-62-63(59,60)61-50-49-56(3,4)5)55-54(58)48-46-44-42-40-38-36-34-31-23-21-19-17-15-13-11-9-7-2/h9,11,15,17,21,23,52-53,57H,6-8,10,12-14,16,18-20,22,24-51H2,1-5H3,(H-,55,58,59,60)/p+1/b11-9-,17-15-,23-21-. The number of aliphatic hydroxyl groups is 1. The van der Waals surface area contributed by atoms with Gasteiger partial charge in [-0.15, -0.1) is 0 Å². The Bertz CT molecular complexity index is 1120. The predicted octanol–water partition coefficient (Wildman–Crippen LogP) is 15.8. The molecule has 8 nitrogen and oxygen atoms in total. The van der Waals surface area contributed by atoms with Crippen LogP contribution in [-0.2, 0) is 18.4 Å². The summed E-state index contributed by atoms with van der Waals surface area (Å²) in [5, 5.41) is 14.0. The Morgan fingerprint density at radius 3 is 1.40 bits per heavy atom. The molecule has 0 fully saturated rings. The van der Waals surface area contributed by atoms with Crippen molar-refractivity contribution >= 4 is 13.7 Å². The summed E-state index contributed by atoms with van der Waals surface area (Å²) < 4.78 is 23.7. The molecule has 0 aromatic rings. The number of nitrogens with one attached hydrogen (secondary N) is 1. The van der Waals surface area contributed by atoms with Gasteiger partial charge in [0.25, 0.3) is 0 Å². The van der Waals surface area contributed by atoms with E-state index in [1.54, 1.807) is 0 Å². The van der Waals surface area contributed by atoms with Gasteiger partial charge in [-0.05, 0) is 44.9 Å². The molecule has 0 aromatic carbocycles. The van der Waals surface area contributed by atoms with Crippen LogP contribution in [0.3, 0.4) is 0 Å². The monoisotopic (exact) mass is 910 g/mol. The minimum absolute atomic E-state index is 0.0723. The average molecular weight is 910 g/mol. The fourth-order valence-electron chi connectivity index (χ4n) is 7.94. The third kappa shape index (κ3) is 48.5. The molecule has 0 bridgehead atoms. The first kappa shape index (κ1) is 61.7. The molecule has 372 valence electrons. The second kappa shape index (κ2) is 45.9. The molecule has 0 rings (SSSR count). The first-order valence-corrected chi connectivity index (χ1v) is 28.3. The molecule has 0 radical (unpaired) electrons. The number of carbonyl (C=O) groups excluding carboxylic acids is 1. The van der Waals surface area contributed by atoms with Crippen molar-refractivity contribution in [3.05, 3.63) is 36.5 Å². The SMILES string of the molecule is CC/C=C\C/C=C\C/C=C\CCCCCCCCCC(=O)NC(COP(=O)(O)OCC[N+](C)(C)C)C(O)CCCCCCCCCCCCCCCCCCCCCCCCCC. The highest BCUT2D eigenvalue weighted by Gasteiger charge is 2.28. The van der Waals surface area contributed by atoms with E-state index >= 15 is 0 Å². The van der Waals surface area contributed by atoms with Crippen LogP contribution < -0.4 is 5.32 Å². The van der Waals surface area contributed by atoms with Crippen molar-refractivity contribution in [2.45, 2.75) is 264 Å². The van der Waals surface area contributed by atoms with E-state index < -0.39 is 20.0 Å². The first-order valence-electron chi connectivity index (χ1n) is 26.9. The second-order valence-corrected chi connectivity index (χ2v) is 21.0. The average Bonchev–Trinajstić information content (AvgIpc) is 3.24. The minimum atomic E-state index is -4.32. The number of hydrogen-bond donors (Lipinski definition) is 3. The van der Waals surface area contributed by atoms with Gasteiger partial charge in [-0.1, -0.05) is 237 Å². The molecule has 0 saturated heterocycles. The number of phosphoric ester groups is 1. The van der Waals surface area contributed by atoms with E-state index in [4.69, 9.17) is 9.05 Å². The van der Waals surface area contributed by atoms with E-state index in [-0.39, 0.29) is 19.1 Å². The number of nitrogens with zero attached hydrogens (tertiary/aromatic N) is 1. The smallest absolute Gasteiger partial charge is 0.391 e. The lowest BCUT2D eigenvalue weighted by Gasteiger charge is -2.26. The summed E-state index contributed by atoms with van der Waals surface area (Å²) in [5.41, 5.74) is 0. The van der Waals surface area contributed by atoms with E-state index in [0.29, 0.717) is 23.9 Å². The summed E-state index contributed by atoms with van der Waals surface area (Å²) in [7, 11) is 1.61. The maximum absolute atomic E-state index is 13.0. The summed E-state index contributed by atoms with van der Waals surface area (Å²) in [6, 6.07) is -0.766. The molecule has 0 aliphatic heterocycles.